The number of benzene rings is 1. The minimum atomic E-state index is -4.50. The van der Waals surface area contributed by atoms with Crippen LogP contribution in [0.25, 0.3) is 10.9 Å². The fourth-order valence-corrected chi connectivity index (χ4v) is 2.66. The molecule has 0 saturated heterocycles. The number of nitrogens with one attached hydrogen (secondary N) is 1. The molecule has 0 fully saturated rings. The molecule has 18 heavy (non-hydrogen) atoms. The number of halogens is 4. The van der Waals surface area contributed by atoms with Crippen molar-refractivity contribution in [2.75, 3.05) is 0 Å². The zero-order valence-electron chi connectivity index (χ0n) is 8.75. The number of aromatic amines is 1. The van der Waals surface area contributed by atoms with Crippen molar-refractivity contribution in [2.24, 2.45) is 0 Å². The van der Waals surface area contributed by atoms with E-state index in [-0.39, 0.29) is 16.5 Å². The Kier molecular flexibility index (Phi) is 3.06. The van der Waals surface area contributed by atoms with E-state index in [4.69, 9.17) is 10.7 Å². The summed E-state index contributed by atoms with van der Waals surface area (Å²) < 4.78 is 59.5. The highest BCUT2D eigenvalue weighted by Gasteiger charge is 2.32. The molecule has 2 aromatic rings. The van der Waals surface area contributed by atoms with Gasteiger partial charge in [0.15, 0.2) is 0 Å². The predicted octanol–water partition coefficient (Wildman–Crippen LogP) is 3.26. The molecule has 0 unspecified atom stereocenters. The van der Waals surface area contributed by atoms with Crippen molar-refractivity contribution < 1.29 is 21.6 Å². The fraction of sp³-hybridized carbons (Fsp3) is 0.200. The van der Waals surface area contributed by atoms with E-state index in [9.17, 15) is 21.6 Å². The fourth-order valence-electron chi connectivity index (χ4n) is 1.68. The third kappa shape index (κ3) is 2.78. The Morgan fingerprint density at radius 3 is 2.50 bits per heavy atom. The summed E-state index contributed by atoms with van der Waals surface area (Å²) in [6.45, 7) is 0. The van der Waals surface area contributed by atoms with E-state index >= 15 is 0 Å². The average Bonchev–Trinajstić information content (AvgIpc) is 2.59. The van der Waals surface area contributed by atoms with Crippen molar-refractivity contribution >= 4 is 30.6 Å². The van der Waals surface area contributed by atoms with Gasteiger partial charge in [-0.3, -0.25) is 0 Å². The van der Waals surface area contributed by atoms with E-state index in [1.54, 1.807) is 0 Å². The number of fused-ring (bicyclic) bond motifs is 1. The van der Waals surface area contributed by atoms with Gasteiger partial charge >= 0.3 is 6.18 Å². The van der Waals surface area contributed by atoms with E-state index in [0.29, 0.717) is 0 Å². The van der Waals surface area contributed by atoms with Crippen LogP contribution in [0.5, 0.6) is 0 Å². The van der Waals surface area contributed by atoms with Crippen LogP contribution in [0.15, 0.2) is 24.3 Å². The molecule has 0 aliphatic carbocycles. The van der Waals surface area contributed by atoms with Gasteiger partial charge in [-0.15, -0.1) is 0 Å². The number of rotatable bonds is 2. The number of aromatic nitrogens is 1. The first kappa shape index (κ1) is 13.2. The predicted molar refractivity (Wildman–Crippen MR) is 61.8 cm³/mol. The summed E-state index contributed by atoms with van der Waals surface area (Å²) in [5.41, 5.74) is -0.466. The van der Waals surface area contributed by atoms with Gasteiger partial charge in [-0.1, -0.05) is 12.1 Å². The van der Waals surface area contributed by atoms with Gasteiger partial charge in [0.2, 0.25) is 9.05 Å². The monoisotopic (exact) mass is 297 g/mol. The maximum atomic E-state index is 12.5. The van der Waals surface area contributed by atoms with Gasteiger partial charge in [0.05, 0.1) is 5.75 Å². The third-order valence-electron chi connectivity index (χ3n) is 2.39. The Morgan fingerprint density at radius 1 is 1.28 bits per heavy atom. The lowest BCUT2D eigenvalue weighted by Crippen LogP contribution is -2.04. The summed E-state index contributed by atoms with van der Waals surface area (Å²) in [5, 5.41) is 0.203. The molecule has 1 aromatic heterocycles. The first-order chi connectivity index (χ1) is 8.17. The van der Waals surface area contributed by atoms with Crippen molar-refractivity contribution in [3.63, 3.8) is 0 Å². The molecule has 0 atom stereocenters. The van der Waals surface area contributed by atoms with Gasteiger partial charge in [-0.2, -0.15) is 13.2 Å². The molecule has 98 valence electrons. The Bertz CT molecular complexity index is 691. The van der Waals surface area contributed by atoms with E-state index in [0.717, 1.165) is 6.07 Å². The summed E-state index contributed by atoms with van der Waals surface area (Å²) in [7, 11) is 1.29. The van der Waals surface area contributed by atoms with Crippen molar-refractivity contribution in [3.05, 3.63) is 35.5 Å². The highest BCUT2D eigenvalue weighted by molar-refractivity contribution is 8.13. The van der Waals surface area contributed by atoms with Crippen LogP contribution in [-0.4, -0.2) is 13.4 Å². The summed E-state index contributed by atoms with van der Waals surface area (Å²) in [6, 6.07) is 5.22. The van der Waals surface area contributed by atoms with Gasteiger partial charge in [0.1, 0.15) is 5.69 Å². The van der Waals surface area contributed by atoms with Gasteiger partial charge in [0.25, 0.3) is 0 Å². The van der Waals surface area contributed by atoms with E-state index < -0.39 is 26.7 Å². The highest BCUT2D eigenvalue weighted by atomic mass is 35.7. The van der Waals surface area contributed by atoms with Crippen LogP contribution in [-0.2, 0) is 21.0 Å². The highest BCUT2D eigenvalue weighted by Crippen LogP contribution is 2.32. The third-order valence-corrected chi connectivity index (χ3v) is 3.37. The van der Waals surface area contributed by atoms with Crippen LogP contribution >= 0.6 is 10.7 Å². The minimum Gasteiger partial charge on any atom is -0.351 e. The van der Waals surface area contributed by atoms with Crippen molar-refractivity contribution in [1.82, 2.24) is 4.98 Å². The Labute approximate surface area is 105 Å². The summed E-state index contributed by atoms with van der Waals surface area (Å²) in [6.07, 6.45) is -4.50. The molecule has 8 heteroatoms. The molecule has 2 rings (SSSR count). The van der Waals surface area contributed by atoms with Gasteiger partial charge in [-0.05, 0) is 17.7 Å². The first-order valence-electron chi connectivity index (χ1n) is 4.77. The Morgan fingerprint density at radius 2 is 1.94 bits per heavy atom. The SMILES string of the molecule is O=S(=O)(Cl)Cc1cccc2[nH]c(C(F)(F)F)cc12. The molecule has 0 radical (unpaired) electrons. The van der Waals surface area contributed by atoms with Crippen LogP contribution in [0, 0.1) is 0 Å². The molecule has 0 saturated carbocycles. The molecule has 0 aliphatic rings. The lowest BCUT2D eigenvalue weighted by molar-refractivity contribution is -0.140. The number of H-pyrrole nitrogens is 1. The minimum absolute atomic E-state index is 0.203. The topological polar surface area (TPSA) is 49.9 Å². The molecule has 1 heterocycles. The lowest BCUT2D eigenvalue weighted by Gasteiger charge is -2.00. The largest absolute Gasteiger partial charge is 0.431 e. The normalized spacial score (nSPS) is 13.1. The van der Waals surface area contributed by atoms with Crippen LogP contribution in [0.4, 0.5) is 13.2 Å². The zero-order valence-corrected chi connectivity index (χ0v) is 10.3. The van der Waals surface area contributed by atoms with Gasteiger partial charge < -0.3 is 4.98 Å². The number of hydrogen-bond donors (Lipinski definition) is 1. The van der Waals surface area contributed by atoms with E-state index in [1.165, 1.54) is 18.2 Å². The molecule has 0 amide bonds. The zero-order chi connectivity index (χ0) is 13.6. The van der Waals surface area contributed by atoms with E-state index in [2.05, 4.69) is 4.98 Å². The molecule has 1 aromatic carbocycles. The van der Waals surface area contributed by atoms with Crippen molar-refractivity contribution in [1.29, 1.82) is 0 Å². The maximum absolute atomic E-state index is 12.5. The number of alkyl halides is 3. The molecule has 0 aliphatic heterocycles. The standard InChI is InChI=1S/C10H7ClF3NO2S/c11-18(16,17)5-6-2-1-3-8-7(6)4-9(15-8)10(12,13)14/h1-4,15H,5H2. The van der Waals surface area contributed by atoms with Crippen LogP contribution < -0.4 is 0 Å². The molecular formula is C10H7ClF3NO2S. The average molecular weight is 298 g/mol. The van der Waals surface area contributed by atoms with Crippen LogP contribution in [0.3, 0.4) is 0 Å². The van der Waals surface area contributed by atoms with Crippen LogP contribution in [0.1, 0.15) is 11.3 Å². The van der Waals surface area contributed by atoms with Gasteiger partial charge in [-0.25, -0.2) is 8.42 Å². The molecule has 1 N–H and O–H groups in total. The first-order valence-corrected chi connectivity index (χ1v) is 7.25. The quantitative estimate of drug-likeness (QED) is 0.865. The summed E-state index contributed by atoms with van der Waals surface area (Å²) in [4.78, 5) is 2.20. The second kappa shape index (κ2) is 4.17. The molecular weight excluding hydrogens is 291 g/mol. The van der Waals surface area contributed by atoms with Crippen molar-refractivity contribution in [3.8, 4) is 0 Å². The summed E-state index contributed by atoms with van der Waals surface area (Å²) >= 11 is 0. The summed E-state index contributed by atoms with van der Waals surface area (Å²) in [5.74, 6) is -0.513. The second-order valence-corrected chi connectivity index (χ2v) is 6.52. The Balaban J connectivity index is 2.60. The lowest BCUT2D eigenvalue weighted by atomic mass is 10.1. The smallest absolute Gasteiger partial charge is 0.351 e. The second-order valence-electron chi connectivity index (χ2n) is 3.74. The maximum Gasteiger partial charge on any atom is 0.431 e. The van der Waals surface area contributed by atoms with E-state index in [1.807, 2.05) is 0 Å². The van der Waals surface area contributed by atoms with Crippen molar-refractivity contribution in [2.45, 2.75) is 11.9 Å². The molecule has 0 bridgehead atoms. The van der Waals surface area contributed by atoms with Crippen LogP contribution in [0.2, 0.25) is 0 Å². The van der Waals surface area contributed by atoms with Gasteiger partial charge in [0, 0.05) is 21.6 Å². The Hall–Kier alpha value is -1.21. The molecule has 3 nitrogen and oxygen atoms in total. The number of hydrogen-bond acceptors (Lipinski definition) is 2. The molecule has 0 spiro atoms.